The van der Waals surface area contributed by atoms with Crippen LogP contribution in [0.25, 0.3) is 0 Å². The van der Waals surface area contributed by atoms with Gasteiger partial charge < -0.3 is 10.1 Å². The zero-order valence-electron chi connectivity index (χ0n) is 9.18. The van der Waals surface area contributed by atoms with Crippen molar-refractivity contribution in [1.82, 2.24) is 5.32 Å². The van der Waals surface area contributed by atoms with Gasteiger partial charge in [-0.05, 0) is 31.7 Å². The van der Waals surface area contributed by atoms with Gasteiger partial charge in [0, 0.05) is 13.2 Å². The molecule has 0 aliphatic carbocycles. The van der Waals surface area contributed by atoms with E-state index in [2.05, 4.69) is 19.2 Å². The molecule has 0 radical (unpaired) electrons. The van der Waals surface area contributed by atoms with Gasteiger partial charge in [-0.1, -0.05) is 20.3 Å². The SMILES string of the molecule is CO[C@H](C[C@@H]1CCCCN1)C(C)C. The lowest BCUT2D eigenvalue weighted by molar-refractivity contribution is 0.0469. The van der Waals surface area contributed by atoms with Gasteiger partial charge in [0.1, 0.15) is 0 Å². The highest BCUT2D eigenvalue weighted by Crippen LogP contribution is 2.17. The minimum absolute atomic E-state index is 0.426. The quantitative estimate of drug-likeness (QED) is 0.725. The predicted molar refractivity (Wildman–Crippen MR) is 55.9 cm³/mol. The van der Waals surface area contributed by atoms with Crippen LogP contribution in [-0.4, -0.2) is 25.8 Å². The topological polar surface area (TPSA) is 21.3 Å². The number of hydrogen-bond donors (Lipinski definition) is 1. The molecule has 1 N–H and O–H groups in total. The zero-order chi connectivity index (χ0) is 9.68. The van der Waals surface area contributed by atoms with E-state index < -0.39 is 0 Å². The lowest BCUT2D eigenvalue weighted by Crippen LogP contribution is -2.38. The zero-order valence-corrected chi connectivity index (χ0v) is 9.18. The Labute approximate surface area is 82.0 Å². The van der Waals surface area contributed by atoms with Crippen LogP contribution in [0.4, 0.5) is 0 Å². The fourth-order valence-electron chi connectivity index (χ4n) is 2.05. The lowest BCUT2D eigenvalue weighted by atomic mass is 9.94. The van der Waals surface area contributed by atoms with Crippen molar-refractivity contribution in [3.8, 4) is 0 Å². The van der Waals surface area contributed by atoms with Crippen molar-refractivity contribution < 1.29 is 4.74 Å². The van der Waals surface area contributed by atoms with Crippen LogP contribution in [0.1, 0.15) is 39.5 Å². The number of ether oxygens (including phenoxy) is 1. The molecule has 0 amide bonds. The largest absolute Gasteiger partial charge is 0.381 e. The first kappa shape index (κ1) is 11.0. The molecule has 0 unspecified atom stereocenters. The van der Waals surface area contributed by atoms with E-state index in [-0.39, 0.29) is 0 Å². The number of nitrogens with one attached hydrogen (secondary N) is 1. The first-order valence-corrected chi connectivity index (χ1v) is 5.50. The Morgan fingerprint density at radius 2 is 2.15 bits per heavy atom. The van der Waals surface area contributed by atoms with E-state index in [0.29, 0.717) is 18.1 Å². The maximum Gasteiger partial charge on any atom is 0.0609 e. The Bertz CT molecular complexity index is 130. The highest BCUT2D eigenvalue weighted by molar-refractivity contribution is 4.77. The van der Waals surface area contributed by atoms with Gasteiger partial charge in [0.15, 0.2) is 0 Å². The summed E-state index contributed by atoms with van der Waals surface area (Å²) in [5, 5.41) is 3.56. The Balaban J connectivity index is 2.27. The number of hydrogen-bond acceptors (Lipinski definition) is 2. The standard InChI is InChI=1S/C11H23NO/c1-9(2)11(13-3)8-10-6-4-5-7-12-10/h9-12H,4-8H2,1-3H3/t10-,11+/m0/s1. The first-order chi connectivity index (χ1) is 6.24. The van der Waals surface area contributed by atoms with Crippen molar-refractivity contribution in [1.29, 1.82) is 0 Å². The minimum Gasteiger partial charge on any atom is -0.381 e. The molecule has 2 nitrogen and oxygen atoms in total. The lowest BCUT2D eigenvalue weighted by Gasteiger charge is -2.28. The molecular formula is C11H23NO. The molecule has 1 rings (SSSR count). The van der Waals surface area contributed by atoms with Crippen LogP contribution >= 0.6 is 0 Å². The maximum absolute atomic E-state index is 5.47. The molecule has 0 spiro atoms. The molecule has 13 heavy (non-hydrogen) atoms. The van der Waals surface area contributed by atoms with Gasteiger partial charge in [0.2, 0.25) is 0 Å². The van der Waals surface area contributed by atoms with Crippen molar-refractivity contribution in [3.63, 3.8) is 0 Å². The molecule has 78 valence electrons. The number of methoxy groups -OCH3 is 1. The van der Waals surface area contributed by atoms with E-state index in [1.807, 2.05) is 7.11 Å². The van der Waals surface area contributed by atoms with Gasteiger partial charge >= 0.3 is 0 Å². The molecule has 0 aromatic carbocycles. The predicted octanol–water partition coefficient (Wildman–Crippen LogP) is 2.19. The summed E-state index contributed by atoms with van der Waals surface area (Å²) in [4.78, 5) is 0. The fraction of sp³-hybridized carbons (Fsp3) is 1.00. The van der Waals surface area contributed by atoms with Gasteiger partial charge in [0.05, 0.1) is 6.10 Å². The average molecular weight is 185 g/mol. The van der Waals surface area contributed by atoms with Crippen LogP contribution in [0.5, 0.6) is 0 Å². The molecule has 1 saturated heterocycles. The van der Waals surface area contributed by atoms with Crippen LogP contribution in [0.2, 0.25) is 0 Å². The maximum atomic E-state index is 5.47. The van der Waals surface area contributed by atoms with Crippen LogP contribution < -0.4 is 5.32 Å². The summed E-state index contributed by atoms with van der Waals surface area (Å²) in [6.07, 6.45) is 5.65. The molecular weight excluding hydrogens is 162 g/mol. The van der Waals surface area contributed by atoms with E-state index in [4.69, 9.17) is 4.74 Å². The van der Waals surface area contributed by atoms with Gasteiger partial charge in [0.25, 0.3) is 0 Å². The summed E-state index contributed by atoms with van der Waals surface area (Å²) in [6, 6.07) is 0.695. The van der Waals surface area contributed by atoms with Gasteiger partial charge in [-0.2, -0.15) is 0 Å². The molecule has 1 fully saturated rings. The van der Waals surface area contributed by atoms with E-state index in [1.165, 1.54) is 32.2 Å². The Morgan fingerprint density at radius 1 is 1.38 bits per heavy atom. The van der Waals surface area contributed by atoms with E-state index in [0.717, 1.165) is 0 Å². The van der Waals surface area contributed by atoms with E-state index >= 15 is 0 Å². The Kier molecular flexibility index (Phi) is 4.74. The molecule has 1 aliphatic heterocycles. The van der Waals surface area contributed by atoms with Gasteiger partial charge in [-0.15, -0.1) is 0 Å². The number of piperidine rings is 1. The van der Waals surface area contributed by atoms with Crippen LogP contribution in [0.3, 0.4) is 0 Å². The molecule has 2 atom stereocenters. The van der Waals surface area contributed by atoms with Gasteiger partial charge in [-0.3, -0.25) is 0 Å². The molecule has 0 saturated carbocycles. The minimum atomic E-state index is 0.426. The summed E-state index contributed by atoms with van der Waals surface area (Å²) in [5.74, 6) is 0.633. The molecule has 0 bridgehead atoms. The third kappa shape index (κ3) is 3.65. The monoisotopic (exact) mass is 185 g/mol. The smallest absolute Gasteiger partial charge is 0.0609 e. The van der Waals surface area contributed by atoms with Crippen molar-refractivity contribution in [2.75, 3.05) is 13.7 Å². The second kappa shape index (κ2) is 5.61. The molecule has 0 aromatic heterocycles. The van der Waals surface area contributed by atoms with E-state index in [9.17, 15) is 0 Å². The second-order valence-electron chi connectivity index (χ2n) is 4.40. The summed E-state index contributed by atoms with van der Waals surface area (Å²) in [7, 11) is 1.83. The third-order valence-corrected chi connectivity index (χ3v) is 2.98. The molecule has 1 heterocycles. The summed E-state index contributed by atoms with van der Waals surface area (Å²) in [6.45, 7) is 5.66. The van der Waals surface area contributed by atoms with Crippen LogP contribution in [-0.2, 0) is 4.74 Å². The number of rotatable bonds is 4. The molecule has 1 aliphatic rings. The Morgan fingerprint density at radius 3 is 2.62 bits per heavy atom. The van der Waals surface area contributed by atoms with Crippen molar-refractivity contribution >= 4 is 0 Å². The summed E-state index contributed by atoms with van der Waals surface area (Å²) >= 11 is 0. The highest BCUT2D eigenvalue weighted by atomic mass is 16.5. The van der Waals surface area contributed by atoms with Crippen LogP contribution in [0, 0.1) is 5.92 Å². The fourth-order valence-corrected chi connectivity index (χ4v) is 2.05. The summed E-state index contributed by atoms with van der Waals surface area (Å²) < 4.78 is 5.47. The normalized spacial score (nSPS) is 26.3. The van der Waals surface area contributed by atoms with E-state index in [1.54, 1.807) is 0 Å². The first-order valence-electron chi connectivity index (χ1n) is 5.50. The van der Waals surface area contributed by atoms with Crippen LogP contribution in [0.15, 0.2) is 0 Å². The van der Waals surface area contributed by atoms with Crippen molar-refractivity contribution in [2.45, 2.75) is 51.7 Å². The molecule has 2 heteroatoms. The Hall–Kier alpha value is -0.0800. The summed E-state index contributed by atoms with van der Waals surface area (Å²) in [5.41, 5.74) is 0. The third-order valence-electron chi connectivity index (χ3n) is 2.98. The van der Waals surface area contributed by atoms with Crippen molar-refractivity contribution in [3.05, 3.63) is 0 Å². The van der Waals surface area contributed by atoms with Gasteiger partial charge in [-0.25, -0.2) is 0 Å². The van der Waals surface area contributed by atoms with Crippen molar-refractivity contribution in [2.24, 2.45) is 5.92 Å². The molecule has 0 aromatic rings. The highest BCUT2D eigenvalue weighted by Gasteiger charge is 2.20. The second-order valence-corrected chi connectivity index (χ2v) is 4.40. The average Bonchev–Trinajstić information content (AvgIpc) is 2.15.